The molecule has 1 aliphatic rings. The third-order valence-corrected chi connectivity index (χ3v) is 12.3. The molecule has 2 aromatic rings. The van der Waals surface area contributed by atoms with Gasteiger partial charge in [-0.1, -0.05) is 48.5 Å². The number of hydrogen-bond donors (Lipinski definition) is 10. The molecule has 14 N–H and O–H groups in total. The number of carbonyl (C=O) groups excluding carboxylic acids is 8. The quantitative estimate of drug-likeness (QED) is 0.0268. The summed E-state index contributed by atoms with van der Waals surface area (Å²) >= 11 is 0. The standard InChI is InChI=1S/C51H77N9O14/c1-30(47(65)66)56-46(64)39(21-9-13-25-52)57-43(61)31(2)72-48(67)40(22-10-14-26-53)58-44(62)32(3)73-49(68)41(23-11-15-27-54)59-45(63)33(4)74-50(69)42(24-12-16-28-55)60-51(70)71-29-38-36-19-7-5-17-34(36)35-18-6-8-20-37(35)38/h5-8,17-20,30-33,38-42H,9-16,21-29,52-55H2,1-4H3,(H,56,64)(H,57,61)(H,58,62)(H,59,63)(H,60,70)(H,65,66)/t30-,31-,32-,33-,39-,40-,41-,42-/m0/s1. The molecule has 0 unspecified atom stereocenters. The molecule has 0 bridgehead atoms. The van der Waals surface area contributed by atoms with Crippen molar-refractivity contribution < 1.29 is 67.2 Å². The van der Waals surface area contributed by atoms with E-state index in [-0.39, 0.29) is 51.3 Å². The molecule has 0 spiro atoms. The van der Waals surface area contributed by atoms with Gasteiger partial charge < -0.3 is 73.6 Å². The zero-order valence-corrected chi connectivity index (χ0v) is 42.9. The van der Waals surface area contributed by atoms with E-state index in [2.05, 4.69) is 26.6 Å². The Balaban J connectivity index is 1.64. The fourth-order valence-corrected chi connectivity index (χ4v) is 7.94. The first-order valence-corrected chi connectivity index (χ1v) is 25.3. The monoisotopic (exact) mass is 1040 g/mol. The third-order valence-electron chi connectivity index (χ3n) is 12.3. The minimum Gasteiger partial charge on any atom is -0.480 e. The van der Waals surface area contributed by atoms with Crippen molar-refractivity contribution in [3.63, 3.8) is 0 Å². The number of aliphatic carboxylic acids is 1. The molecule has 0 heterocycles. The molecular formula is C51H77N9O14. The van der Waals surface area contributed by atoms with Crippen molar-refractivity contribution in [2.45, 2.75) is 159 Å². The smallest absolute Gasteiger partial charge is 0.407 e. The highest BCUT2D eigenvalue weighted by Gasteiger charge is 2.35. The van der Waals surface area contributed by atoms with Crippen molar-refractivity contribution in [3.8, 4) is 11.1 Å². The number of hydrogen-bond acceptors (Lipinski definition) is 17. The van der Waals surface area contributed by atoms with Crippen LogP contribution >= 0.6 is 0 Å². The number of alkyl carbamates (subject to hydrolysis) is 1. The number of fused-ring (bicyclic) bond motifs is 3. The number of benzene rings is 2. The van der Waals surface area contributed by atoms with Crippen LogP contribution in [0.2, 0.25) is 0 Å². The Hall–Kier alpha value is -6.69. The van der Waals surface area contributed by atoms with Crippen LogP contribution in [0.3, 0.4) is 0 Å². The highest BCUT2D eigenvalue weighted by Crippen LogP contribution is 2.44. The van der Waals surface area contributed by atoms with Gasteiger partial charge >= 0.3 is 30.0 Å². The van der Waals surface area contributed by atoms with Gasteiger partial charge in [0.2, 0.25) is 5.91 Å². The van der Waals surface area contributed by atoms with Gasteiger partial charge in [0.25, 0.3) is 17.7 Å². The zero-order chi connectivity index (χ0) is 54.7. The van der Waals surface area contributed by atoms with Crippen LogP contribution in [0, 0.1) is 0 Å². The number of carboxylic acids is 1. The van der Waals surface area contributed by atoms with Crippen LogP contribution in [0.1, 0.15) is 122 Å². The van der Waals surface area contributed by atoms with E-state index in [9.17, 15) is 48.3 Å². The van der Waals surface area contributed by atoms with Crippen LogP contribution in [0.25, 0.3) is 11.1 Å². The van der Waals surface area contributed by atoms with E-state index in [1.807, 2.05) is 48.5 Å². The number of carbonyl (C=O) groups is 9. The number of nitrogens with one attached hydrogen (secondary N) is 5. The summed E-state index contributed by atoms with van der Waals surface area (Å²) in [5.41, 5.74) is 26.7. The molecule has 0 saturated heterocycles. The van der Waals surface area contributed by atoms with Crippen molar-refractivity contribution in [1.29, 1.82) is 0 Å². The predicted molar refractivity (Wildman–Crippen MR) is 271 cm³/mol. The Morgan fingerprint density at radius 3 is 1.18 bits per heavy atom. The largest absolute Gasteiger partial charge is 0.480 e. The number of ether oxygens (including phenoxy) is 4. The van der Waals surface area contributed by atoms with Crippen LogP contribution in [0.5, 0.6) is 0 Å². The van der Waals surface area contributed by atoms with E-state index < -0.39 is 102 Å². The fraction of sp³-hybridized carbons (Fsp3) is 0.588. The van der Waals surface area contributed by atoms with Crippen molar-refractivity contribution >= 4 is 53.6 Å². The van der Waals surface area contributed by atoms with E-state index in [1.54, 1.807) is 0 Å². The van der Waals surface area contributed by atoms with Gasteiger partial charge in [0.1, 0.15) is 36.8 Å². The van der Waals surface area contributed by atoms with E-state index in [4.69, 9.17) is 41.9 Å². The van der Waals surface area contributed by atoms with Crippen LogP contribution in [0.4, 0.5) is 4.79 Å². The molecule has 0 aliphatic heterocycles. The molecule has 0 saturated carbocycles. The average molecular weight is 1040 g/mol. The lowest BCUT2D eigenvalue weighted by molar-refractivity contribution is -0.162. The highest BCUT2D eigenvalue weighted by atomic mass is 16.6. The topological polar surface area (TPSA) is 375 Å². The normalized spacial score (nSPS) is 14.9. The summed E-state index contributed by atoms with van der Waals surface area (Å²) in [5, 5.41) is 21.6. The van der Waals surface area contributed by atoms with Crippen molar-refractivity contribution in [2.75, 3.05) is 32.8 Å². The Morgan fingerprint density at radius 1 is 0.473 bits per heavy atom. The molecule has 1 aliphatic carbocycles. The zero-order valence-electron chi connectivity index (χ0n) is 42.9. The maximum absolute atomic E-state index is 13.6. The first-order chi connectivity index (χ1) is 35.4. The molecular weight excluding hydrogens is 963 g/mol. The van der Waals surface area contributed by atoms with Crippen molar-refractivity contribution in [1.82, 2.24) is 26.6 Å². The summed E-state index contributed by atoms with van der Waals surface area (Å²) in [6, 6.07) is 9.32. The van der Waals surface area contributed by atoms with Crippen molar-refractivity contribution in [3.05, 3.63) is 59.7 Å². The van der Waals surface area contributed by atoms with E-state index >= 15 is 0 Å². The van der Waals surface area contributed by atoms with Gasteiger partial charge in [0.05, 0.1) is 0 Å². The molecule has 8 atom stereocenters. The summed E-state index contributed by atoms with van der Waals surface area (Å²) in [4.78, 5) is 118. The van der Waals surface area contributed by atoms with Gasteiger partial charge in [-0.3, -0.25) is 24.0 Å². The molecule has 5 amide bonds. The number of unbranched alkanes of at least 4 members (excludes halogenated alkanes) is 4. The maximum atomic E-state index is 13.6. The Kier molecular flexibility index (Phi) is 27.0. The van der Waals surface area contributed by atoms with Crippen molar-refractivity contribution in [2.24, 2.45) is 22.9 Å². The number of carboxylic acid groups (broad SMARTS) is 1. The molecule has 0 radical (unpaired) electrons. The molecule has 3 rings (SSSR count). The molecule has 0 aromatic heterocycles. The third kappa shape index (κ3) is 20.0. The Morgan fingerprint density at radius 2 is 0.811 bits per heavy atom. The van der Waals surface area contributed by atoms with Crippen LogP contribution in [0.15, 0.2) is 48.5 Å². The molecule has 410 valence electrons. The molecule has 2 aromatic carbocycles. The van der Waals surface area contributed by atoms with Gasteiger partial charge in [-0.25, -0.2) is 19.2 Å². The molecule has 74 heavy (non-hydrogen) atoms. The summed E-state index contributed by atoms with van der Waals surface area (Å²) < 4.78 is 22.1. The molecule has 23 nitrogen and oxygen atoms in total. The summed E-state index contributed by atoms with van der Waals surface area (Å²) in [6.07, 6.45) is -1.58. The van der Waals surface area contributed by atoms with E-state index in [0.717, 1.165) is 22.3 Å². The lowest BCUT2D eigenvalue weighted by Gasteiger charge is -2.25. The average Bonchev–Trinajstić information content (AvgIpc) is 3.69. The summed E-state index contributed by atoms with van der Waals surface area (Å²) in [5.74, 6) is -7.94. The second-order valence-corrected chi connectivity index (χ2v) is 18.1. The predicted octanol–water partition coefficient (Wildman–Crippen LogP) is 1.25. The second-order valence-electron chi connectivity index (χ2n) is 18.1. The first kappa shape index (κ1) is 61.6. The van der Waals surface area contributed by atoms with Gasteiger partial charge in [-0.05, 0) is 153 Å². The molecule has 23 heteroatoms. The Bertz CT molecular complexity index is 2150. The van der Waals surface area contributed by atoms with E-state index in [0.29, 0.717) is 64.5 Å². The summed E-state index contributed by atoms with van der Waals surface area (Å²) in [6.45, 7) is 6.20. The minimum atomic E-state index is -1.53. The minimum absolute atomic E-state index is 0.00672. The fourth-order valence-electron chi connectivity index (χ4n) is 7.94. The summed E-state index contributed by atoms with van der Waals surface area (Å²) in [7, 11) is 0. The van der Waals surface area contributed by atoms with Gasteiger partial charge in [-0.2, -0.15) is 0 Å². The lowest BCUT2D eigenvalue weighted by atomic mass is 9.98. The lowest BCUT2D eigenvalue weighted by Crippen LogP contribution is -2.53. The van der Waals surface area contributed by atoms with Gasteiger partial charge in [0.15, 0.2) is 18.3 Å². The number of nitrogens with two attached hydrogens (primary N) is 4. The van der Waals surface area contributed by atoms with Crippen LogP contribution in [-0.4, -0.2) is 140 Å². The van der Waals surface area contributed by atoms with E-state index in [1.165, 1.54) is 27.7 Å². The second kappa shape index (κ2) is 32.5. The molecule has 0 fully saturated rings. The van der Waals surface area contributed by atoms with Gasteiger partial charge in [-0.15, -0.1) is 0 Å². The number of esters is 3. The maximum Gasteiger partial charge on any atom is 0.407 e. The Labute approximate surface area is 432 Å². The number of rotatable bonds is 34. The van der Waals surface area contributed by atoms with Crippen LogP contribution < -0.4 is 49.5 Å². The SMILES string of the molecule is C[C@H](NC(=O)[C@H](CCCCN)NC(=O)[C@H](C)OC(=O)[C@H](CCCCN)NC(=O)[C@H](C)OC(=O)[C@H](CCCCN)NC(=O)[C@H](C)OC(=O)[C@H](CCCCN)NC(=O)OCC1c2ccccc2-c2ccccc21)C(=O)O. The van der Waals surface area contributed by atoms with Crippen LogP contribution in [-0.2, 0) is 57.3 Å². The van der Waals surface area contributed by atoms with Gasteiger partial charge in [0, 0.05) is 5.92 Å². The highest BCUT2D eigenvalue weighted by molar-refractivity contribution is 5.94. The first-order valence-electron chi connectivity index (χ1n) is 25.3. The number of amides is 5.